The van der Waals surface area contributed by atoms with Gasteiger partial charge in [0.05, 0.1) is 34.5 Å². The van der Waals surface area contributed by atoms with E-state index >= 15 is 0 Å². The van der Waals surface area contributed by atoms with E-state index < -0.39 is 0 Å². The number of halogens is 1. The van der Waals surface area contributed by atoms with Crippen molar-refractivity contribution in [2.75, 3.05) is 6.61 Å². The van der Waals surface area contributed by atoms with Crippen LogP contribution in [0.1, 0.15) is 26.7 Å². The smallest absolute Gasteiger partial charge is 0.136 e. The second-order valence-electron chi connectivity index (χ2n) is 5.95. The van der Waals surface area contributed by atoms with E-state index in [4.69, 9.17) is 14.9 Å². The molecular formula is C15H19BrN2O2. The van der Waals surface area contributed by atoms with Crippen LogP contribution in [0.3, 0.4) is 0 Å². The van der Waals surface area contributed by atoms with Crippen LogP contribution in [0.15, 0.2) is 34.2 Å². The Kier molecular flexibility index (Phi) is 3.50. The molecule has 2 N–H and O–H groups in total. The average Bonchev–Trinajstić information content (AvgIpc) is 2.90. The van der Waals surface area contributed by atoms with Crippen LogP contribution in [0.2, 0.25) is 0 Å². The molecule has 2 bridgehead atoms. The SMILES string of the molecule is CC(C)OC1=CC(=N)/C(=C\NC23COC(C2)C3)C=C1Br. The quantitative estimate of drug-likeness (QED) is 0.828. The van der Waals surface area contributed by atoms with Crippen LogP contribution >= 0.6 is 15.9 Å². The Morgan fingerprint density at radius 2 is 2.25 bits per heavy atom. The normalized spacial score (nSPS) is 33.9. The van der Waals surface area contributed by atoms with Gasteiger partial charge in [-0.05, 0) is 48.7 Å². The van der Waals surface area contributed by atoms with E-state index in [0.717, 1.165) is 29.5 Å². The maximum atomic E-state index is 8.10. The summed E-state index contributed by atoms with van der Waals surface area (Å²) >= 11 is 3.51. The van der Waals surface area contributed by atoms with Crippen molar-refractivity contribution in [2.24, 2.45) is 0 Å². The number of hydrogen-bond donors (Lipinski definition) is 2. The second kappa shape index (κ2) is 5.04. The van der Waals surface area contributed by atoms with Crippen molar-refractivity contribution in [2.45, 2.75) is 44.4 Å². The monoisotopic (exact) mass is 338 g/mol. The molecule has 0 aromatic rings. The van der Waals surface area contributed by atoms with Crippen LogP contribution in [0.5, 0.6) is 0 Å². The predicted octanol–water partition coefficient (Wildman–Crippen LogP) is 3.01. The van der Waals surface area contributed by atoms with Crippen molar-refractivity contribution in [1.29, 1.82) is 5.41 Å². The first-order chi connectivity index (χ1) is 9.47. The molecule has 0 radical (unpaired) electrons. The molecule has 0 atom stereocenters. The molecule has 2 saturated heterocycles. The molecule has 0 aromatic heterocycles. The van der Waals surface area contributed by atoms with E-state index in [9.17, 15) is 0 Å². The minimum Gasteiger partial charge on any atom is -0.490 e. The Labute approximate surface area is 127 Å². The molecule has 0 amide bonds. The van der Waals surface area contributed by atoms with Gasteiger partial charge in [0.2, 0.25) is 0 Å². The van der Waals surface area contributed by atoms with Gasteiger partial charge in [-0.25, -0.2) is 0 Å². The fourth-order valence-corrected chi connectivity index (χ4v) is 3.20. The topological polar surface area (TPSA) is 54.3 Å². The molecular weight excluding hydrogens is 320 g/mol. The Morgan fingerprint density at radius 3 is 2.85 bits per heavy atom. The summed E-state index contributed by atoms with van der Waals surface area (Å²) < 4.78 is 12.1. The van der Waals surface area contributed by atoms with Crippen molar-refractivity contribution >= 4 is 21.6 Å². The van der Waals surface area contributed by atoms with Gasteiger partial charge >= 0.3 is 0 Å². The Balaban J connectivity index is 1.70. The molecule has 4 aliphatic rings. The third-order valence-electron chi connectivity index (χ3n) is 3.83. The third-order valence-corrected chi connectivity index (χ3v) is 4.45. The lowest BCUT2D eigenvalue weighted by Gasteiger charge is -2.36. The predicted molar refractivity (Wildman–Crippen MR) is 82.0 cm³/mol. The zero-order chi connectivity index (χ0) is 14.3. The minimum absolute atomic E-state index is 0.0973. The van der Waals surface area contributed by atoms with E-state index in [2.05, 4.69) is 21.2 Å². The average molecular weight is 339 g/mol. The van der Waals surface area contributed by atoms with Gasteiger partial charge in [0.15, 0.2) is 0 Å². The number of allylic oxidation sites excluding steroid dienone is 4. The third kappa shape index (κ3) is 2.56. The number of hydrogen-bond acceptors (Lipinski definition) is 4. The summed E-state index contributed by atoms with van der Waals surface area (Å²) in [5, 5.41) is 11.5. The van der Waals surface area contributed by atoms with E-state index in [1.54, 1.807) is 6.08 Å². The van der Waals surface area contributed by atoms with Crippen molar-refractivity contribution in [3.8, 4) is 0 Å². The molecule has 4 nitrogen and oxygen atoms in total. The molecule has 2 aliphatic heterocycles. The highest BCUT2D eigenvalue weighted by Crippen LogP contribution is 2.42. The van der Waals surface area contributed by atoms with E-state index in [1.807, 2.05) is 26.1 Å². The van der Waals surface area contributed by atoms with Gasteiger partial charge in [-0.15, -0.1) is 0 Å². The summed E-state index contributed by atoms with van der Waals surface area (Å²) in [4.78, 5) is 0. The maximum Gasteiger partial charge on any atom is 0.136 e. The van der Waals surface area contributed by atoms with Gasteiger partial charge in [-0.3, -0.25) is 0 Å². The molecule has 0 aromatic carbocycles. The van der Waals surface area contributed by atoms with E-state index in [0.29, 0.717) is 17.6 Å². The van der Waals surface area contributed by atoms with Crippen LogP contribution in [-0.4, -0.2) is 30.1 Å². The minimum atomic E-state index is 0.0973. The highest BCUT2D eigenvalue weighted by Gasteiger charge is 2.51. The zero-order valence-electron chi connectivity index (χ0n) is 11.7. The molecule has 2 aliphatic carbocycles. The Morgan fingerprint density at radius 1 is 1.50 bits per heavy atom. The van der Waals surface area contributed by atoms with Crippen molar-refractivity contribution < 1.29 is 9.47 Å². The fourth-order valence-electron chi connectivity index (χ4n) is 2.75. The van der Waals surface area contributed by atoms with Crippen LogP contribution < -0.4 is 5.32 Å². The summed E-state index contributed by atoms with van der Waals surface area (Å²) in [5.41, 5.74) is 1.43. The second-order valence-corrected chi connectivity index (χ2v) is 6.80. The summed E-state index contributed by atoms with van der Waals surface area (Å²) in [7, 11) is 0. The standard InChI is InChI=1S/C15H19BrN2O2/c1-9(2)20-14-4-13(17)10(3-12(14)16)7-18-15-5-11(6-15)19-8-15/h3-4,7,9,11,17-18H,5-6,8H2,1-2H3/b10-7-,17-13?. The Hall–Kier alpha value is -1.07. The van der Waals surface area contributed by atoms with Gasteiger partial charge in [0.25, 0.3) is 0 Å². The molecule has 0 spiro atoms. The lowest BCUT2D eigenvalue weighted by atomic mass is 9.78. The van der Waals surface area contributed by atoms with E-state index in [-0.39, 0.29) is 11.6 Å². The van der Waals surface area contributed by atoms with Crippen molar-refractivity contribution in [1.82, 2.24) is 5.32 Å². The zero-order valence-corrected chi connectivity index (χ0v) is 13.3. The number of rotatable bonds is 4. The fraction of sp³-hybridized carbons (Fsp3) is 0.533. The van der Waals surface area contributed by atoms with Crippen LogP contribution in [-0.2, 0) is 9.47 Å². The number of fused-ring (bicyclic) bond motifs is 1. The summed E-state index contributed by atoms with van der Waals surface area (Å²) in [6.45, 7) is 4.73. The first-order valence-corrected chi connectivity index (χ1v) is 7.71. The first-order valence-electron chi connectivity index (χ1n) is 6.92. The molecule has 0 unspecified atom stereocenters. The number of nitrogens with one attached hydrogen (secondary N) is 2. The molecule has 108 valence electrons. The highest BCUT2D eigenvalue weighted by atomic mass is 79.9. The molecule has 2 heterocycles. The van der Waals surface area contributed by atoms with Gasteiger partial charge < -0.3 is 20.2 Å². The Bertz CT molecular complexity index is 522. The highest BCUT2D eigenvalue weighted by molar-refractivity contribution is 9.12. The molecule has 4 rings (SSSR count). The maximum absolute atomic E-state index is 8.10. The van der Waals surface area contributed by atoms with Gasteiger partial charge in [-0.1, -0.05) is 0 Å². The molecule has 1 saturated carbocycles. The lowest BCUT2D eigenvalue weighted by molar-refractivity contribution is 0.121. The molecule has 5 heteroatoms. The van der Waals surface area contributed by atoms with Crippen LogP contribution in [0.25, 0.3) is 0 Å². The van der Waals surface area contributed by atoms with Gasteiger partial charge in [0, 0.05) is 17.8 Å². The first kappa shape index (κ1) is 13.9. The van der Waals surface area contributed by atoms with E-state index in [1.165, 1.54) is 0 Å². The van der Waals surface area contributed by atoms with Crippen LogP contribution in [0, 0.1) is 5.41 Å². The van der Waals surface area contributed by atoms with Crippen molar-refractivity contribution in [3.63, 3.8) is 0 Å². The summed E-state index contributed by atoms with van der Waals surface area (Å²) in [6, 6.07) is 0. The van der Waals surface area contributed by atoms with Gasteiger partial charge in [-0.2, -0.15) is 0 Å². The lowest BCUT2D eigenvalue weighted by Crippen LogP contribution is -2.50. The summed E-state index contributed by atoms with van der Waals surface area (Å²) in [6.07, 6.45) is 8.30. The van der Waals surface area contributed by atoms with Gasteiger partial charge in [0.1, 0.15) is 5.76 Å². The molecule has 20 heavy (non-hydrogen) atoms. The molecule has 3 fully saturated rings. The van der Waals surface area contributed by atoms with Crippen LogP contribution in [0.4, 0.5) is 0 Å². The number of ether oxygens (including phenoxy) is 2. The summed E-state index contributed by atoms with van der Waals surface area (Å²) in [5.74, 6) is 0.716. The van der Waals surface area contributed by atoms with Crippen molar-refractivity contribution in [3.05, 3.63) is 34.2 Å². The largest absolute Gasteiger partial charge is 0.490 e.